The predicted octanol–water partition coefficient (Wildman–Crippen LogP) is 2.42. The third-order valence-corrected chi connectivity index (χ3v) is 2.39. The van der Waals surface area contributed by atoms with Crippen LogP contribution in [0.2, 0.25) is 0 Å². The number of carbonyl (C=O) groups is 1. The molecule has 0 amide bonds. The van der Waals surface area contributed by atoms with E-state index in [1.54, 1.807) is 6.07 Å². The summed E-state index contributed by atoms with van der Waals surface area (Å²) in [6, 6.07) is 9.01. The highest BCUT2D eigenvalue weighted by Gasteiger charge is 2.13. The number of fused-ring (bicyclic) bond motifs is 1. The van der Waals surface area contributed by atoms with Crippen LogP contribution in [-0.2, 0) is 4.74 Å². The number of ether oxygens (including phenoxy) is 2. The summed E-state index contributed by atoms with van der Waals surface area (Å²) in [6.45, 7) is 2.38. The summed E-state index contributed by atoms with van der Waals surface area (Å²) in [4.78, 5) is 16.0. The van der Waals surface area contributed by atoms with E-state index in [9.17, 15) is 4.79 Å². The van der Waals surface area contributed by atoms with E-state index in [0.29, 0.717) is 18.1 Å². The van der Waals surface area contributed by atoms with Crippen molar-refractivity contribution in [3.05, 3.63) is 35.9 Å². The summed E-state index contributed by atoms with van der Waals surface area (Å²) in [5.74, 6) is 0.0520. The van der Waals surface area contributed by atoms with Crippen molar-refractivity contribution in [3.63, 3.8) is 0 Å². The maximum Gasteiger partial charge on any atom is 0.338 e. The average Bonchev–Trinajstić information content (AvgIpc) is 2.37. The largest absolute Gasteiger partial charge is 0.478 e. The quantitative estimate of drug-likeness (QED) is 0.761. The number of hydrogen-bond donors (Lipinski definition) is 0. The molecule has 0 atom stereocenters. The molecule has 1 aromatic carbocycles. The van der Waals surface area contributed by atoms with Gasteiger partial charge in [0, 0.05) is 11.5 Å². The number of pyridine rings is 1. The fourth-order valence-corrected chi connectivity index (χ4v) is 1.65. The average molecular weight is 231 g/mol. The normalized spacial score (nSPS) is 10.2. The molecule has 2 aromatic rings. The number of carbonyl (C=O) groups excluding carboxylic acids is 1. The van der Waals surface area contributed by atoms with Gasteiger partial charge in [-0.15, -0.1) is 0 Å². The molecular weight excluding hydrogens is 218 g/mol. The first-order chi connectivity index (χ1) is 8.26. The minimum Gasteiger partial charge on any atom is -0.478 e. The molecule has 4 heteroatoms. The van der Waals surface area contributed by atoms with Crippen molar-refractivity contribution >= 4 is 16.9 Å². The van der Waals surface area contributed by atoms with E-state index < -0.39 is 0 Å². The molecule has 4 nitrogen and oxygen atoms in total. The number of esters is 1. The van der Waals surface area contributed by atoms with Crippen LogP contribution < -0.4 is 4.74 Å². The van der Waals surface area contributed by atoms with Gasteiger partial charge >= 0.3 is 5.97 Å². The Morgan fingerprint density at radius 1 is 1.35 bits per heavy atom. The lowest BCUT2D eigenvalue weighted by molar-refractivity contribution is 0.0602. The van der Waals surface area contributed by atoms with Crippen LogP contribution in [0.25, 0.3) is 10.9 Å². The Morgan fingerprint density at radius 3 is 2.82 bits per heavy atom. The van der Waals surface area contributed by atoms with Crippen LogP contribution in [0.1, 0.15) is 17.3 Å². The summed E-state index contributed by atoms with van der Waals surface area (Å²) < 4.78 is 10.1. The van der Waals surface area contributed by atoms with Gasteiger partial charge < -0.3 is 9.47 Å². The van der Waals surface area contributed by atoms with E-state index in [4.69, 9.17) is 9.47 Å². The molecule has 0 aliphatic carbocycles. The number of benzene rings is 1. The second-order valence-electron chi connectivity index (χ2n) is 3.45. The molecule has 1 heterocycles. The highest BCUT2D eigenvalue weighted by atomic mass is 16.5. The van der Waals surface area contributed by atoms with Crippen molar-refractivity contribution in [1.82, 2.24) is 4.98 Å². The summed E-state index contributed by atoms with van der Waals surface area (Å²) >= 11 is 0. The minimum absolute atomic E-state index is 0.385. The van der Waals surface area contributed by atoms with Crippen LogP contribution in [0.3, 0.4) is 0 Å². The molecule has 1 aromatic heterocycles. The van der Waals surface area contributed by atoms with Gasteiger partial charge in [-0.2, -0.15) is 0 Å². The van der Waals surface area contributed by atoms with Crippen molar-refractivity contribution in [1.29, 1.82) is 0 Å². The molecule has 0 spiro atoms. The third kappa shape index (κ3) is 2.20. The molecule has 0 aliphatic heterocycles. The molecule has 0 bridgehead atoms. The van der Waals surface area contributed by atoms with E-state index in [0.717, 1.165) is 10.9 Å². The second-order valence-corrected chi connectivity index (χ2v) is 3.45. The Hall–Kier alpha value is -2.10. The van der Waals surface area contributed by atoms with Crippen LogP contribution in [0.15, 0.2) is 30.3 Å². The van der Waals surface area contributed by atoms with E-state index in [1.165, 1.54) is 7.11 Å². The van der Waals surface area contributed by atoms with Crippen LogP contribution >= 0.6 is 0 Å². The number of para-hydroxylation sites is 1. The Morgan fingerprint density at radius 2 is 2.12 bits per heavy atom. The molecule has 88 valence electrons. The number of methoxy groups -OCH3 is 1. The van der Waals surface area contributed by atoms with Gasteiger partial charge in [-0.25, -0.2) is 9.78 Å². The summed E-state index contributed by atoms with van der Waals surface area (Å²) in [7, 11) is 1.36. The lowest BCUT2D eigenvalue weighted by Crippen LogP contribution is -2.04. The predicted molar refractivity (Wildman–Crippen MR) is 64.3 cm³/mol. The molecule has 17 heavy (non-hydrogen) atoms. The maximum atomic E-state index is 11.7. The van der Waals surface area contributed by atoms with Gasteiger partial charge in [0.15, 0.2) is 0 Å². The summed E-state index contributed by atoms with van der Waals surface area (Å²) in [5.41, 5.74) is 1.19. The maximum absolute atomic E-state index is 11.7. The summed E-state index contributed by atoms with van der Waals surface area (Å²) in [5, 5.41) is 0.766. The first-order valence-corrected chi connectivity index (χ1v) is 5.37. The van der Waals surface area contributed by atoms with Gasteiger partial charge in [-0.3, -0.25) is 0 Å². The van der Waals surface area contributed by atoms with Gasteiger partial charge in [0.25, 0.3) is 0 Å². The first-order valence-electron chi connectivity index (χ1n) is 5.37. The number of hydrogen-bond acceptors (Lipinski definition) is 4. The van der Waals surface area contributed by atoms with E-state index in [2.05, 4.69) is 4.98 Å². The Balaban J connectivity index is 2.64. The monoisotopic (exact) mass is 231 g/mol. The third-order valence-electron chi connectivity index (χ3n) is 2.39. The standard InChI is InChI=1S/C13H13NO3/c1-3-17-12-8-10(13(15)16-2)9-6-4-5-7-11(9)14-12/h4-8H,3H2,1-2H3. The van der Waals surface area contributed by atoms with Gasteiger partial charge in [0.2, 0.25) is 5.88 Å². The lowest BCUT2D eigenvalue weighted by atomic mass is 10.1. The lowest BCUT2D eigenvalue weighted by Gasteiger charge is -2.08. The Labute approximate surface area is 99.2 Å². The Kier molecular flexibility index (Phi) is 3.23. The second kappa shape index (κ2) is 4.82. The molecule has 0 N–H and O–H groups in total. The van der Waals surface area contributed by atoms with Crippen LogP contribution in [0.5, 0.6) is 5.88 Å². The summed E-state index contributed by atoms with van der Waals surface area (Å²) in [6.07, 6.45) is 0. The highest BCUT2D eigenvalue weighted by Crippen LogP contribution is 2.22. The van der Waals surface area contributed by atoms with Crippen LogP contribution in [0.4, 0.5) is 0 Å². The zero-order chi connectivity index (χ0) is 12.3. The molecule has 2 rings (SSSR count). The van der Waals surface area contributed by atoms with Gasteiger partial charge in [-0.1, -0.05) is 18.2 Å². The van der Waals surface area contributed by atoms with E-state index in [-0.39, 0.29) is 5.97 Å². The molecule has 0 saturated carbocycles. The van der Waals surface area contributed by atoms with Crippen molar-refractivity contribution in [3.8, 4) is 5.88 Å². The number of rotatable bonds is 3. The van der Waals surface area contributed by atoms with Gasteiger partial charge in [0.1, 0.15) is 0 Å². The molecule has 0 saturated heterocycles. The highest BCUT2D eigenvalue weighted by molar-refractivity contribution is 6.03. The zero-order valence-electron chi connectivity index (χ0n) is 9.77. The minimum atomic E-state index is -0.385. The van der Waals surface area contributed by atoms with Gasteiger partial charge in [-0.05, 0) is 13.0 Å². The zero-order valence-corrected chi connectivity index (χ0v) is 9.77. The molecule has 0 radical (unpaired) electrons. The van der Waals surface area contributed by atoms with Gasteiger partial charge in [0.05, 0.1) is 24.8 Å². The van der Waals surface area contributed by atoms with Crippen molar-refractivity contribution in [2.75, 3.05) is 13.7 Å². The van der Waals surface area contributed by atoms with E-state index >= 15 is 0 Å². The number of nitrogens with zero attached hydrogens (tertiary/aromatic N) is 1. The topological polar surface area (TPSA) is 48.4 Å². The Bertz CT molecular complexity index is 551. The molecule has 0 fully saturated rings. The first kappa shape index (κ1) is 11.4. The molecule has 0 aliphatic rings. The molecular formula is C13H13NO3. The van der Waals surface area contributed by atoms with Crippen LogP contribution in [-0.4, -0.2) is 24.7 Å². The van der Waals surface area contributed by atoms with Crippen molar-refractivity contribution < 1.29 is 14.3 Å². The van der Waals surface area contributed by atoms with Crippen molar-refractivity contribution in [2.24, 2.45) is 0 Å². The van der Waals surface area contributed by atoms with E-state index in [1.807, 2.05) is 31.2 Å². The SMILES string of the molecule is CCOc1cc(C(=O)OC)c2ccccc2n1. The fourth-order valence-electron chi connectivity index (χ4n) is 1.65. The fraction of sp³-hybridized carbons (Fsp3) is 0.231. The molecule has 0 unspecified atom stereocenters. The van der Waals surface area contributed by atoms with Crippen LogP contribution in [0, 0.1) is 0 Å². The van der Waals surface area contributed by atoms with Crippen molar-refractivity contribution in [2.45, 2.75) is 6.92 Å². The number of aromatic nitrogens is 1. The smallest absolute Gasteiger partial charge is 0.338 e.